The number of aromatic amines is 1. The topological polar surface area (TPSA) is 54.9 Å². The molecule has 0 aliphatic rings. The number of halogens is 1. The van der Waals surface area contributed by atoms with Crippen LogP contribution in [-0.4, -0.2) is 14.9 Å². The summed E-state index contributed by atoms with van der Waals surface area (Å²) < 4.78 is 8.61. The van der Waals surface area contributed by atoms with Gasteiger partial charge in [-0.2, -0.15) is 5.10 Å². The number of benzene rings is 3. The van der Waals surface area contributed by atoms with Crippen molar-refractivity contribution in [2.24, 2.45) is 0 Å². The Morgan fingerprint density at radius 3 is 2.73 bits per heavy atom. The molecule has 0 amide bonds. The second kappa shape index (κ2) is 9.32. The third kappa shape index (κ3) is 4.35. The Morgan fingerprint density at radius 2 is 1.90 bits per heavy atom. The number of H-pyrrole nitrogens is 1. The van der Waals surface area contributed by atoms with E-state index in [-0.39, 0.29) is 0 Å². The first-order chi connectivity index (χ1) is 14.7. The lowest BCUT2D eigenvalue weighted by Crippen LogP contribution is -2.18. The monoisotopic (exact) mass is 438 g/mol. The number of ether oxygens (including phenoxy) is 1. The fourth-order valence-electron chi connectivity index (χ4n) is 3.45. The molecule has 0 radical (unpaired) electrons. The Labute approximate surface area is 185 Å². The molecule has 0 saturated heterocycles. The van der Waals surface area contributed by atoms with Crippen LogP contribution in [0.2, 0.25) is 5.02 Å². The van der Waals surface area contributed by atoms with Crippen molar-refractivity contribution in [2.75, 3.05) is 5.43 Å². The fraction of sp³-hybridized carbons (Fsp3) is 0.217. The van der Waals surface area contributed by atoms with E-state index in [0.29, 0.717) is 22.9 Å². The van der Waals surface area contributed by atoms with Gasteiger partial charge in [0.1, 0.15) is 12.4 Å². The number of hydrogen-bond acceptors (Lipinski definition) is 4. The van der Waals surface area contributed by atoms with Gasteiger partial charge in [-0.1, -0.05) is 67.1 Å². The lowest BCUT2D eigenvalue weighted by Gasteiger charge is -2.17. The van der Waals surface area contributed by atoms with E-state index >= 15 is 0 Å². The largest absolute Gasteiger partial charge is 0.488 e. The lowest BCUT2D eigenvalue weighted by atomic mass is 10.0. The minimum Gasteiger partial charge on any atom is -0.488 e. The van der Waals surface area contributed by atoms with Crippen molar-refractivity contribution in [2.45, 2.75) is 32.9 Å². The summed E-state index contributed by atoms with van der Waals surface area (Å²) in [4.78, 5) is 0. The molecule has 0 aliphatic carbocycles. The van der Waals surface area contributed by atoms with Gasteiger partial charge in [0.2, 0.25) is 4.77 Å². The maximum absolute atomic E-state index is 6.30. The van der Waals surface area contributed by atoms with Crippen LogP contribution in [0.4, 0.5) is 0 Å². The van der Waals surface area contributed by atoms with E-state index in [1.54, 1.807) is 0 Å². The van der Waals surface area contributed by atoms with E-state index in [2.05, 4.69) is 40.7 Å². The Hall–Kier alpha value is -2.83. The van der Waals surface area contributed by atoms with Crippen LogP contribution in [0.3, 0.4) is 0 Å². The van der Waals surface area contributed by atoms with Crippen LogP contribution >= 0.6 is 23.8 Å². The van der Waals surface area contributed by atoms with Crippen LogP contribution in [0.1, 0.15) is 30.3 Å². The first-order valence-corrected chi connectivity index (χ1v) is 10.7. The lowest BCUT2D eigenvalue weighted by molar-refractivity contribution is 0.303. The summed E-state index contributed by atoms with van der Waals surface area (Å²) >= 11 is 11.7. The molecule has 0 spiro atoms. The van der Waals surface area contributed by atoms with Crippen LogP contribution in [0, 0.1) is 4.77 Å². The number of rotatable bonds is 8. The average Bonchev–Trinajstić information content (AvgIpc) is 3.11. The van der Waals surface area contributed by atoms with Crippen molar-refractivity contribution in [3.05, 3.63) is 87.4 Å². The smallest absolute Gasteiger partial charge is 0.214 e. The normalized spacial score (nSPS) is 11.0. The summed E-state index contributed by atoms with van der Waals surface area (Å²) in [5.41, 5.74) is 5.43. The highest BCUT2D eigenvalue weighted by Gasteiger charge is 2.12. The quantitative estimate of drug-likeness (QED) is 0.330. The summed E-state index contributed by atoms with van der Waals surface area (Å²) in [6.07, 6.45) is 1.83. The Balaban J connectivity index is 1.65. The molecule has 2 N–H and O–H groups in total. The number of nitrogens with zero attached hydrogens (tertiary/aromatic N) is 2. The molecule has 5 nitrogen and oxygen atoms in total. The number of nitrogens with one attached hydrogen (secondary N) is 2. The van der Waals surface area contributed by atoms with Gasteiger partial charge in [-0.05, 0) is 41.5 Å². The molecule has 30 heavy (non-hydrogen) atoms. The van der Waals surface area contributed by atoms with E-state index in [4.69, 9.17) is 28.6 Å². The molecule has 0 saturated carbocycles. The molecule has 0 aliphatic heterocycles. The second-order valence-corrected chi connectivity index (χ2v) is 7.80. The van der Waals surface area contributed by atoms with Gasteiger partial charge in [-0.15, -0.1) is 0 Å². The molecule has 1 aromatic heterocycles. The number of aryl methyl sites for hydroxylation is 1. The van der Waals surface area contributed by atoms with Crippen molar-refractivity contribution in [3.63, 3.8) is 0 Å². The summed E-state index contributed by atoms with van der Waals surface area (Å²) in [7, 11) is 0. The molecule has 0 atom stereocenters. The summed E-state index contributed by atoms with van der Waals surface area (Å²) in [5.74, 6) is 1.70. The van der Waals surface area contributed by atoms with Crippen molar-refractivity contribution >= 4 is 34.6 Å². The molecular weight excluding hydrogens is 416 g/mol. The fourth-order valence-corrected chi connectivity index (χ4v) is 3.85. The molecule has 154 valence electrons. The molecule has 0 unspecified atom stereocenters. The van der Waals surface area contributed by atoms with Crippen LogP contribution in [0.25, 0.3) is 10.8 Å². The third-order valence-corrected chi connectivity index (χ3v) is 5.61. The predicted octanol–water partition coefficient (Wildman–Crippen LogP) is 6.02. The number of hydrogen-bond donors (Lipinski definition) is 2. The van der Waals surface area contributed by atoms with Gasteiger partial charge in [0.05, 0.1) is 6.54 Å². The molecule has 4 aromatic rings. The molecule has 4 rings (SSSR count). The summed E-state index contributed by atoms with van der Waals surface area (Å²) in [6.45, 7) is 3.06. The van der Waals surface area contributed by atoms with Gasteiger partial charge < -0.3 is 10.2 Å². The Kier molecular flexibility index (Phi) is 6.35. The van der Waals surface area contributed by atoms with E-state index in [9.17, 15) is 0 Å². The van der Waals surface area contributed by atoms with Crippen molar-refractivity contribution in [1.82, 2.24) is 14.9 Å². The van der Waals surface area contributed by atoms with E-state index in [1.807, 2.05) is 47.1 Å². The molecule has 1 heterocycles. The van der Waals surface area contributed by atoms with Crippen LogP contribution in [0.5, 0.6) is 5.75 Å². The van der Waals surface area contributed by atoms with Gasteiger partial charge in [-0.3, -0.25) is 5.10 Å². The van der Waals surface area contributed by atoms with Crippen LogP contribution in [-0.2, 0) is 19.6 Å². The zero-order chi connectivity index (χ0) is 20.9. The van der Waals surface area contributed by atoms with Gasteiger partial charge in [-0.25, -0.2) is 4.68 Å². The highest BCUT2D eigenvalue weighted by atomic mass is 35.5. The summed E-state index contributed by atoms with van der Waals surface area (Å²) in [5, 5.41) is 10.2. The standard InChI is InChI=1S/C23H23ClN4OS/c1-2-7-22-26-27-23(30)28(22)25-14-19-18-10-5-3-8-16(18)12-13-21(19)29-15-17-9-4-6-11-20(17)24/h3-6,8-13,25H,2,7,14-15H2,1H3,(H,27,30). The first kappa shape index (κ1) is 20.4. The SMILES string of the molecule is CCCc1n[nH]c(=S)n1NCc1c(OCc2ccccc2Cl)ccc2ccccc12. The minimum absolute atomic E-state index is 0.400. The minimum atomic E-state index is 0.400. The maximum Gasteiger partial charge on any atom is 0.214 e. The number of aromatic nitrogens is 3. The van der Waals surface area contributed by atoms with E-state index < -0.39 is 0 Å². The number of fused-ring (bicyclic) bond motifs is 1. The first-order valence-electron chi connectivity index (χ1n) is 9.94. The maximum atomic E-state index is 6.30. The Bertz CT molecular complexity index is 1220. The van der Waals surface area contributed by atoms with Crippen molar-refractivity contribution in [1.29, 1.82) is 0 Å². The van der Waals surface area contributed by atoms with Gasteiger partial charge >= 0.3 is 0 Å². The molecule has 3 aromatic carbocycles. The predicted molar refractivity (Wildman–Crippen MR) is 124 cm³/mol. The van der Waals surface area contributed by atoms with Crippen molar-refractivity contribution in [3.8, 4) is 5.75 Å². The molecule has 0 bridgehead atoms. The molecule has 0 fully saturated rings. The average molecular weight is 439 g/mol. The van der Waals surface area contributed by atoms with Crippen LogP contribution in [0.15, 0.2) is 60.7 Å². The highest BCUT2D eigenvalue weighted by Crippen LogP contribution is 2.29. The van der Waals surface area contributed by atoms with Gasteiger partial charge in [0.25, 0.3) is 0 Å². The Morgan fingerprint density at radius 1 is 1.10 bits per heavy atom. The second-order valence-electron chi connectivity index (χ2n) is 7.01. The zero-order valence-electron chi connectivity index (χ0n) is 16.7. The highest BCUT2D eigenvalue weighted by molar-refractivity contribution is 7.71. The van der Waals surface area contributed by atoms with Gasteiger partial charge in [0.15, 0.2) is 5.82 Å². The molecule has 7 heteroatoms. The molecular formula is C23H23ClN4OS. The van der Waals surface area contributed by atoms with E-state index in [0.717, 1.165) is 46.3 Å². The van der Waals surface area contributed by atoms with Crippen molar-refractivity contribution < 1.29 is 4.74 Å². The summed E-state index contributed by atoms with van der Waals surface area (Å²) in [6, 6.07) is 20.1. The van der Waals surface area contributed by atoms with E-state index in [1.165, 1.54) is 0 Å². The third-order valence-electron chi connectivity index (χ3n) is 4.97. The van der Waals surface area contributed by atoms with Crippen LogP contribution < -0.4 is 10.2 Å². The zero-order valence-corrected chi connectivity index (χ0v) is 18.3. The van der Waals surface area contributed by atoms with Gasteiger partial charge in [0, 0.05) is 22.6 Å².